The molecule has 1 aliphatic carbocycles. The topological polar surface area (TPSA) is 79.3 Å². The third kappa shape index (κ3) is 3.82. The summed E-state index contributed by atoms with van der Waals surface area (Å²) in [5, 5.41) is 12.9. The van der Waals surface area contributed by atoms with E-state index >= 15 is 0 Å². The molecule has 0 saturated heterocycles. The number of aliphatic carboxylic acids is 1. The molecule has 6 heteroatoms. The fourth-order valence-electron chi connectivity index (χ4n) is 3.10. The normalized spacial score (nSPS) is 20.0. The molecule has 1 fully saturated rings. The number of carbonyl (C=O) groups excluding carboxylic acids is 1. The van der Waals surface area contributed by atoms with Crippen molar-refractivity contribution in [3.05, 3.63) is 51.5 Å². The van der Waals surface area contributed by atoms with Crippen LogP contribution in [0.4, 0.5) is 0 Å². The molecule has 1 saturated carbocycles. The summed E-state index contributed by atoms with van der Waals surface area (Å²) in [4.78, 5) is 28.6. The molecule has 1 heterocycles. The molecule has 126 valence electrons. The Balaban J connectivity index is 1.64. The summed E-state index contributed by atoms with van der Waals surface area (Å²) in [5.41, 5.74) is 1.90. The second-order valence-corrected chi connectivity index (χ2v) is 7.29. The van der Waals surface area contributed by atoms with E-state index in [-0.39, 0.29) is 17.9 Å². The van der Waals surface area contributed by atoms with Crippen molar-refractivity contribution in [1.29, 1.82) is 0 Å². The predicted octanol–water partition coefficient (Wildman–Crippen LogP) is 3.03. The Kier molecular flexibility index (Phi) is 4.94. The van der Waals surface area contributed by atoms with Crippen molar-refractivity contribution in [2.45, 2.75) is 38.6 Å². The van der Waals surface area contributed by atoms with Gasteiger partial charge in [0.25, 0.3) is 5.91 Å². The molecular formula is C18H20N2O3S. The van der Waals surface area contributed by atoms with Gasteiger partial charge in [-0.05, 0) is 31.7 Å². The van der Waals surface area contributed by atoms with Gasteiger partial charge in [-0.2, -0.15) is 0 Å². The number of amides is 1. The van der Waals surface area contributed by atoms with Crippen LogP contribution in [0.25, 0.3) is 0 Å². The van der Waals surface area contributed by atoms with Crippen molar-refractivity contribution < 1.29 is 14.7 Å². The van der Waals surface area contributed by atoms with Crippen LogP contribution >= 0.6 is 11.3 Å². The van der Waals surface area contributed by atoms with Gasteiger partial charge >= 0.3 is 5.97 Å². The average molecular weight is 344 g/mol. The highest BCUT2D eigenvalue weighted by Gasteiger charge is 2.31. The Labute approximate surface area is 144 Å². The molecule has 0 bridgehead atoms. The van der Waals surface area contributed by atoms with E-state index in [1.807, 2.05) is 37.3 Å². The predicted molar refractivity (Wildman–Crippen MR) is 92.3 cm³/mol. The fourth-order valence-corrected chi connectivity index (χ4v) is 4.10. The second kappa shape index (κ2) is 7.13. The Morgan fingerprint density at radius 2 is 2.04 bits per heavy atom. The maximum Gasteiger partial charge on any atom is 0.306 e. The molecule has 24 heavy (non-hydrogen) atoms. The Hall–Kier alpha value is -2.21. The van der Waals surface area contributed by atoms with E-state index in [4.69, 9.17) is 5.11 Å². The SMILES string of the molecule is Cc1nc(Cc2ccccc2)sc1C(=O)N[C@@H]1CC[C@H](C(=O)O)C1. The van der Waals surface area contributed by atoms with Gasteiger partial charge in [-0.1, -0.05) is 30.3 Å². The first-order chi connectivity index (χ1) is 11.5. The number of hydrogen-bond donors (Lipinski definition) is 2. The number of carboxylic acids is 1. The lowest BCUT2D eigenvalue weighted by Gasteiger charge is -2.11. The molecule has 1 aromatic heterocycles. The highest BCUT2D eigenvalue weighted by Crippen LogP contribution is 2.27. The third-order valence-electron chi connectivity index (χ3n) is 4.36. The van der Waals surface area contributed by atoms with Crippen molar-refractivity contribution in [3.63, 3.8) is 0 Å². The van der Waals surface area contributed by atoms with Crippen molar-refractivity contribution in [2.75, 3.05) is 0 Å². The first-order valence-electron chi connectivity index (χ1n) is 8.07. The van der Waals surface area contributed by atoms with Gasteiger partial charge in [-0.15, -0.1) is 11.3 Å². The summed E-state index contributed by atoms with van der Waals surface area (Å²) in [6.45, 7) is 1.84. The Morgan fingerprint density at radius 3 is 2.71 bits per heavy atom. The van der Waals surface area contributed by atoms with Crippen molar-refractivity contribution in [1.82, 2.24) is 10.3 Å². The zero-order valence-electron chi connectivity index (χ0n) is 13.5. The van der Waals surface area contributed by atoms with Crippen LogP contribution < -0.4 is 5.32 Å². The summed E-state index contributed by atoms with van der Waals surface area (Å²) < 4.78 is 0. The van der Waals surface area contributed by atoms with Gasteiger partial charge in [0, 0.05) is 12.5 Å². The van der Waals surface area contributed by atoms with E-state index in [9.17, 15) is 9.59 Å². The van der Waals surface area contributed by atoms with Crippen LogP contribution in [0.3, 0.4) is 0 Å². The summed E-state index contributed by atoms with van der Waals surface area (Å²) in [6, 6.07) is 9.98. The number of nitrogens with zero attached hydrogens (tertiary/aromatic N) is 1. The smallest absolute Gasteiger partial charge is 0.306 e. The second-order valence-electron chi connectivity index (χ2n) is 6.20. The molecule has 0 spiro atoms. The average Bonchev–Trinajstić information content (AvgIpc) is 3.15. The summed E-state index contributed by atoms with van der Waals surface area (Å²) in [6.07, 6.45) is 2.57. The molecule has 5 nitrogen and oxygen atoms in total. The van der Waals surface area contributed by atoms with E-state index in [2.05, 4.69) is 10.3 Å². The van der Waals surface area contributed by atoms with Crippen LogP contribution in [0.15, 0.2) is 30.3 Å². The molecule has 2 atom stereocenters. The standard InChI is InChI=1S/C18H20N2O3S/c1-11-16(17(21)20-14-8-7-13(10-14)18(22)23)24-15(19-11)9-12-5-3-2-4-6-12/h2-6,13-14H,7-10H2,1H3,(H,20,21)(H,22,23)/t13-,14+/m0/s1. The lowest BCUT2D eigenvalue weighted by Crippen LogP contribution is -2.33. The largest absolute Gasteiger partial charge is 0.481 e. The molecular weight excluding hydrogens is 324 g/mol. The third-order valence-corrected chi connectivity index (χ3v) is 5.52. The zero-order chi connectivity index (χ0) is 17.1. The van der Waals surface area contributed by atoms with Gasteiger partial charge in [-0.25, -0.2) is 4.98 Å². The zero-order valence-corrected chi connectivity index (χ0v) is 14.3. The molecule has 1 aromatic carbocycles. The number of aromatic nitrogens is 1. The van der Waals surface area contributed by atoms with Gasteiger partial charge in [0.2, 0.25) is 0 Å². The summed E-state index contributed by atoms with van der Waals surface area (Å²) in [7, 11) is 0. The minimum absolute atomic E-state index is 0.0577. The molecule has 1 amide bonds. The van der Waals surface area contributed by atoms with E-state index in [1.54, 1.807) is 0 Å². The van der Waals surface area contributed by atoms with E-state index < -0.39 is 5.97 Å². The Bertz CT molecular complexity index is 742. The number of aryl methyl sites for hydroxylation is 1. The number of carbonyl (C=O) groups is 2. The van der Waals surface area contributed by atoms with Crippen molar-refractivity contribution in [2.24, 2.45) is 5.92 Å². The van der Waals surface area contributed by atoms with Gasteiger partial charge < -0.3 is 10.4 Å². The number of hydrogen-bond acceptors (Lipinski definition) is 4. The quantitative estimate of drug-likeness (QED) is 0.874. The van der Waals surface area contributed by atoms with Gasteiger partial charge in [0.1, 0.15) is 4.88 Å². The highest BCUT2D eigenvalue weighted by atomic mass is 32.1. The minimum Gasteiger partial charge on any atom is -0.481 e. The van der Waals surface area contributed by atoms with Gasteiger partial charge in [0.05, 0.1) is 16.6 Å². The first-order valence-corrected chi connectivity index (χ1v) is 8.88. The van der Waals surface area contributed by atoms with E-state index in [0.717, 1.165) is 17.1 Å². The van der Waals surface area contributed by atoms with E-state index in [1.165, 1.54) is 16.9 Å². The van der Waals surface area contributed by atoms with Gasteiger partial charge in [-0.3, -0.25) is 9.59 Å². The number of thiazole rings is 1. The lowest BCUT2D eigenvalue weighted by molar-refractivity contribution is -0.141. The molecule has 0 aliphatic heterocycles. The molecule has 2 aromatic rings. The van der Waals surface area contributed by atoms with Crippen LogP contribution in [0.1, 0.15) is 45.2 Å². The van der Waals surface area contributed by atoms with Crippen LogP contribution in [0.2, 0.25) is 0 Å². The first kappa shape index (κ1) is 16.6. The number of carboxylic acid groups (broad SMARTS) is 1. The van der Waals surface area contributed by atoms with Gasteiger partial charge in [0.15, 0.2) is 0 Å². The van der Waals surface area contributed by atoms with Crippen molar-refractivity contribution >= 4 is 23.2 Å². The van der Waals surface area contributed by atoms with Crippen molar-refractivity contribution in [3.8, 4) is 0 Å². The monoisotopic (exact) mass is 344 g/mol. The number of nitrogens with one attached hydrogen (secondary N) is 1. The maximum absolute atomic E-state index is 12.5. The fraction of sp³-hybridized carbons (Fsp3) is 0.389. The van der Waals surface area contributed by atoms with Crippen LogP contribution in [0.5, 0.6) is 0 Å². The minimum atomic E-state index is -0.772. The molecule has 3 rings (SSSR count). The van der Waals surface area contributed by atoms with Crippen LogP contribution in [-0.4, -0.2) is 28.0 Å². The molecule has 0 unspecified atom stereocenters. The number of rotatable bonds is 5. The van der Waals surface area contributed by atoms with E-state index in [0.29, 0.717) is 24.1 Å². The van der Waals surface area contributed by atoms with Crippen LogP contribution in [-0.2, 0) is 11.2 Å². The highest BCUT2D eigenvalue weighted by molar-refractivity contribution is 7.13. The maximum atomic E-state index is 12.5. The summed E-state index contributed by atoms with van der Waals surface area (Å²) >= 11 is 1.41. The number of benzene rings is 1. The summed E-state index contributed by atoms with van der Waals surface area (Å²) in [5.74, 6) is -1.25. The van der Waals surface area contributed by atoms with Crippen LogP contribution in [0, 0.1) is 12.8 Å². The lowest BCUT2D eigenvalue weighted by atomic mass is 10.1. The molecule has 1 aliphatic rings. The molecule has 2 N–H and O–H groups in total. The molecule has 0 radical (unpaired) electrons. The Morgan fingerprint density at radius 1 is 1.29 bits per heavy atom.